The van der Waals surface area contributed by atoms with Gasteiger partial charge < -0.3 is 15.6 Å². The standard InChI is InChI=1S/C17H29N3O.ClH/c1-11(2)20-12(3)9-15(13(20)4)17(21)19-16-8-6-5-7-14(16)10-18;/h9,11,14,16H,5-8,10,18H2,1-4H3,(H,19,21);1H. The number of hydrogen-bond donors (Lipinski definition) is 2. The van der Waals surface area contributed by atoms with Gasteiger partial charge in [-0.3, -0.25) is 4.79 Å². The van der Waals surface area contributed by atoms with Gasteiger partial charge in [0.15, 0.2) is 0 Å². The SMILES string of the molecule is Cc1cc(C(=O)NC2CCCCC2CN)c(C)n1C(C)C.Cl. The molecule has 0 aliphatic heterocycles. The van der Waals surface area contributed by atoms with Crippen molar-refractivity contribution in [2.24, 2.45) is 11.7 Å². The smallest absolute Gasteiger partial charge is 0.253 e. The summed E-state index contributed by atoms with van der Waals surface area (Å²) >= 11 is 0. The summed E-state index contributed by atoms with van der Waals surface area (Å²) in [6.45, 7) is 9.05. The van der Waals surface area contributed by atoms with Crippen LogP contribution in [-0.4, -0.2) is 23.1 Å². The highest BCUT2D eigenvalue weighted by Gasteiger charge is 2.27. The number of carbonyl (C=O) groups excluding carboxylic acids is 1. The summed E-state index contributed by atoms with van der Waals surface area (Å²) in [4.78, 5) is 12.6. The van der Waals surface area contributed by atoms with Gasteiger partial charge in [-0.05, 0) is 59.1 Å². The van der Waals surface area contributed by atoms with Crippen LogP contribution in [0.25, 0.3) is 0 Å². The van der Waals surface area contributed by atoms with Crippen LogP contribution in [-0.2, 0) is 0 Å². The minimum absolute atomic E-state index is 0. The summed E-state index contributed by atoms with van der Waals surface area (Å²) < 4.78 is 2.22. The second kappa shape index (κ2) is 8.02. The van der Waals surface area contributed by atoms with Crippen LogP contribution in [0, 0.1) is 19.8 Å². The Morgan fingerprint density at radius 2 is 2.00 bits per heavy atom. The number of carbonyl (C=O) groups is 1. The van der Waals surface area contributed by atoms with Crippen molar-refractivity contribution in [2.75, 3.05) is 6.54 Å². The van der Waals surface area contributed by atoms with Gasteiger partial charge in [0, 0.05) is 23.5 Å². The first-order valence-electron chi connectivity index (χ1n) is 8.15. The van der Waals surface area contributed by atoms with Crippen LogP contribution < -0.4 is 11.1 Å². The molecule has 1 saturated carbocycles. The minimum Gasteiger partial charge on any atom is -0.349 e. The van der Waals surface area contributed by atoms with Crippen molar-refractivity contribution in [3.63, 3.8) is 0 Å². The molecule has 126 valence electrons. The van der Waals surface area contributed by atoms with Crippen LogP contribution in [0.1, 0.15) is 67.3 Å². The van der Waals surface area contributed by atoms with Gasteiger partial charge in [0.2, 0.25) is 0 Å². The van der Waals surface area contributed by atoms with Crippen molar-refractivity contribution >= 4 is 18.3 Å². The third kappa shape index (κ3) is 3.85. The van der Waals surface area contributed by atoms with Gasteiger partial charge in [-0.25, -0.2) is 0 Å². The maximum Gasteiger partial charge on any atom is 0.253 e. The summed E-state index contributed by atoms with van der Waals surface area (Å²) in [5.41, 5.74) is 8.86. The second-order valence-electron chi connectivity index (χ2n) is 6.61. The number of aryl methyl sites for hydroxylation is 1. The van der Waals surface area contributed by atoms with E-state index < -0.39 is 0 Å². The number of nitrogens with one attached hydrogen (secondary N) is 1. The van der Waals surface area contributed by atoms with Crippen LogP contribution in [0.4, 0.5) is 0 Å². The third-order valence-electron chi connectivity index (χ3n) is 4.77. The third-order valence-corrected chi connectivity index (χ3v) is 4.77. The fourth-order valence-electron chi connectivity index (χ4n) is 3.73. The Labute approximate surface area is 140 Å². The normalized spacial score (nSPS) is 21.5. The van der Waals surface area contributed by atoms with Crippen molar-refractivity contribution in [2.45, 2.75) is 65.5 Å². The highest BCUT2D eigenvalue weighted by Crippen LogP contribution is 2.25. The van der Waals surface area contributed by atoms with Crippen molar-refractivity contribution < 1.29 is 4.79 Å². The molecule has 22 heavy (non-hydrogen) atoms. The zero-order valence-corrected chi connectivity index (χ0v) is 15.0. The van der Waals surface area contributed by atoms with E-state index in [1.54, 1.807) is 0 Å². The Morgan fingerprint density at radius 1 is 1.36 bits per heavy atom. The molecule has 0 aromatic carbocycles. The molecule has 0 saturated heterocycles. The molecule has 1 fully saturated rings. The van der Waals surface area contributed by atoms with E-state index in [1.165, 1.54) is 12.8 Å². The van der Waals surface area contributed by atoms with Crippen LogP contribution in [0.2, 0.25) is 0 Å². The molecule has 4 nitrogen and oxygen atoms in total. The van der Waals surface area contributed by atoms with Crippen molar-refractivity contribution in [1.29, 1.82) is 0 Å². The van der Waals surface area contributed by atoms with Crippen LogP contribution in [0.15, 0.2) is 6.07 Å². The molecular weight excluding hydrogens is 298 g/mol. The molecule has 1 amide bonds. The maximum absolute atomic E-state index is 12.6. The fourth-order valence-corrected chi connectivity index (χ4v) is 3.73. The van der Waals surface area contributed by atoms with Crippen LogP contribution in [0.5, 0.6) is 0 Å². The van der Waals surface area contributed by atoms with Crippen molar-refractivity contribution in [3.05, 3.63) is 23.0 Å². The van der Waals surface area contributed by atoms with Crippen LogP contribution in [0.3, 0.4) is 0 Å². The zero-order chi connectivity index (χ0) is 15.6. The monoisotopic (exact) mass is 327 g/mol. The zero-order valence-electron chi connectivity index (χ0n) is 14.2. The molecule has 0 bridgehead atoms. The van der Waals surface area contributed by atoms with E-state index in [-0.39, 0.29) is 24.4 Å². The molecule has 0 radical (unpaired) electrons. The minimum atomic E-state index is 0. The van der Waals surface area contributed by atoms with E-state index in [2.05, 4.69) is 30.7 Å². The average molecular weight is 328 g/mol. The van der Waals surface area contributed by atoms with E-state index >= 15 is 0 Å². The van der Waals surface area contributed by atoms with E-state index in [9.17, 15) is 4.79 Å². The summed E-state index contributed by atoms with van der Waals surface area (Å²) in [5, 5.41) is 3.22. The van der Waals surface area contributed by atoms with Gasteiger partial charge in [-0.1, -0.05) is 12.8 Å². The lowest BCUT2D eigenvalue weighted by Crippen LogP contribution is -2.44. The number of nitrogens with zero attached hydrogens (tertiary/aromatic N) is 1. The van der Waals surface area contributed by atoms with E-state index in [4.69, 9.17) is 5.73 Å². The molecule has 1 aromatic rings. The molecule has 2 unspecified atom stereocenters. The summed E-state index contributed by atoms with van der Waals surface area (Å²) in [6.07, 6.45) is 4.60. The number of hydrogen-bond acceptors (Lipinski definition) is 2. The number of halogens is 1. The highest BCUT2D eigenvalue weighted by atomic mass is 35.5. The molecule has 5 heteroatoms. The quantitative estimate of drug-likeness (QED) is 0.890. The lowest BCUT2D eigenvalue weighted by atomic mass is 9.84. The molecule has 3 N–H and O–H groups in total. The molecule has 1 aliphatic carbocycles. The summed E-state index contributed by atoms with van der Waals surface area (Å²) in [6, 6.07) is 2.61. The van der Waals surface area contributed by atoms with Gasteiger partial charge in [-0.15, -0.1) is 12.4 Å². The van der Waals surface area contributed by atoms with Gasteiger partial charge >= 0.3 is 0 Å². The Kier molecular flexibility index (Phi) is 6.95. The van der Waals surface area contributed by atoms with Gasteiger partial charge in [0.05, 0.1) is 5.56 Å². The summed E-state index contributed by atoms with van der Waals surface area (Å²) in [5.74, 6) is 0.483. The number of rotatable bonds is 4. The fraction of sp³-hybridized carbons (Fsp3) is 0.706. The average Bonchev–Trinajstić information content (AvgIpc) is 2.74. The molecule has 1 heterocycles. The number of amides is 1. The first-order chi connectivity index (χ1) is 9.95. The first-order valence-corrected chi connectivity index (χ1v) is 8.15. The predicted molar refractivity (Wildman–Crippen MR) is 93.8 cm³/mol. The molecule has 2 atom stereocenters. The van der Waals surface area contributed by atoms with Gasteiger partial charge in [-0.2, -0.15) is 0 Å². The topological polar surface area (TPSA) is 60.1 Å². The Bertz CT molecular complexity index is 510. The molecule has 1 aliphatic rings. The largest absolute Gasteiger partial charge is 0.349 e. The predicted octanol–water partition coefficient (Wildman–Crippen LogP) is 3.35. The second-order valence-corrected chi connectivity index (χ2v) is 6.61. The van der Waals surface area contributed by atoms with E-state index in [0.717, 1.165) is 29.8 Å². The number of nitrogens with two attached hydrogens (primary N) is 1. The van der Waals surface area contributed by atoms with Gasteiger partial charge in [0.25, 0.3) is 5.91 Å². The van der Waals surface area contributed by atoms with Crippen molar-refractivity contribution in [3.8, 4) is 0 Å². The highest BCUT2D eigenvalue weighted by molar-refractivity contribution is 5.96. The van der Waals surface area contributed by atoms with Gasteiger partial charge in [0.1, 0.15) is 0 Å². The molecule has 0 spiro atoms. The first kappa shape index (κ1) is 19.0. The Morgan fingerprint density at radius 3 is 2.55 bits per heavy atom. The molecule has 2 rings (SSSR count). The van der Waals surface area contributed by atoms with Crippen LogP contribution >= 0.6 is 12.4 Å². The maximum atomic E-state index is 12.6. The summed E-state index contributed by atoms with van der Waals surface area (Å²) in [7, 11) is 0. The van der Waals surface area contributed by atoms with Crippen molar-refractivity contribution in [1.82, 2.24) is 9.88 Å². The Hall–Kier alpha value is -1.000. The molecule has 1 aromatic heterocycles. The van der Waals surface area contributed by atoms with E-state index in [1.807, 2.05) is 13.0 Å². The molecular formula is C17H30ClN3O. The number of aromatic nitrogens is 1. The Balaban J connectivity index is 0.00000242. The van der Waals surface area contributed by atoms with E-state index in [0.29, 0.717) is 18.5 Å². The lowest BCUT2D eigenvalue weighted by molar-refractivity contribution is 0.0907. The lowest BCUT2D eigenvalue weighted by Gasteiger charge is -2.31.